The van der Waals surface area contributed by atoms with E-state index in [0.717, 1.165) is 96.3 Å². The average Bonchev–Trinajstić information content (AvgIpc) is 3.19. The summed E-state index contributed by atoms with van der Waals surface area (Å²) in [4.78, 5) is 22.5. The van der Waals surface area contributed by atoms with E-state index in [-0.39, 0.29) is 13.0 Å². The van der Waals surface area contributed by atoms with Crippen molar-refractivity contribution in [3.8, 4) is 0 Å². The normalized spacial score (nSPS) is 14.9. The van der Waals surface area contributed by atoms with Gasteiger partial charge in [-0.25, -0.2) is 4.57 Å². The molecule has 10 heteroatoms. The highest BCUT2D eigenvalue weighted by atomic mass is 31.2. The van der Waals surface area contributed by atoms with Crippen LogP contribution in [0.25, 0.3) is 0 Å². The Morgan fingerprint density at radius 2 is 1.02 bits per heavy atom. The zero-order valence-electron chi connectivity index (χ0n) is 35.1. The molecule has 0 spiro atoms. The van der Waals surface area contributed by atoms with Crippen LogP contribution < -0.4 is 0 Å². The summed E-state index contributed by atoms with van der Waals surface area (Å²) >= 11 is 0. The molecular formula is C46H79O9P. The summed E-state index contributed by atoms with van der Waals surface area (Å²) in [5.74, 6) is -0.408. The van der Waals surface area contributed by atoms with Crippen LogP contribution in [0.3, 0.4) is 0 Å². The van der Waals surface area contributed by atoms with E-state index in [1.165, 1.54) is 32.1 Å². The molecule has 0 fully saturated rings. The highest BCUT2D eigenvalue weighted by Gasteiger charge is 2.26. The predicted octanol–water partition coefficient (Wildman–Crippen LogP) is 11.9. The third kappa shape index (κ3) is 41.3. The Morgan fingerprint density at radius 3 is 1.55 bits per heavy atom. The summed E-state index contributed by atoms with van der Waals surface area (Å²) in [6.07, 6.45) is 51.2. The van der Waals surface area contributed by atoms with E-state index in [2.05, 4.69) is 98.9 Å². The van der Waals surface area contributed by atoms with Crippen LogP contribution in [0.15, 0.2) is 85.1 Å². The molecule has 0 bridgehead atoms. The van der Waals surface area contributed by atoms with Gasteiger partial charge in [0.05, 0.1) is 26.4 Å². The van der Waals surface area contributed by atoms with Gasteiger partial charge in [0.15, 0.2) is 0 Å². The van der Waals surface area contributed by atoms with E-state index < -0.39 is 45.8 Å². The van der Waals surface area contributed by atoms with Crippen LogP contribution in [0.5, 0.6) is 0 Å². The van der Waals surface area contributed by atoms with Crippen LogP contribution in [0.4, 0.5) is 0 Å². The van der Waals surface area contributed by atoms with Gasteiger partial charge in [-0.1, -0.05) is 144 Å². The lowest BCUT2D eigenvalue weighted by Crippen LogP contribution is -2.29. The zero-order chi connectivity index (χ0) is 41.1. The molecule has 0 aromatic rings. The second-order valence-electron chi connectivity index (χ2n) is 14.0. The maximum atomic E-state index is 12.6. The predicted molar refractivity (Wildman–Crippen MR) is 232 cm³/mol. The summed E-state index contributed by atoms with van der Waals surface area (Å²) in [6.45, 7) is 3.26. The van der Waals surface area contributed by atoms with Crippen LogP contribution in [0.2, 0.25) is 0 Å². The second-order valence-corrected chi connectivity index (χ2v) is 15.4. The number of hydrogen-bond acceptors (Lipinski definition) is 8. The molecule has 0 saturated heterocycles. The number of aliphatic hydroxyl groups is 2. The highest BCUT2D eigenvalue weighted by molar-refractivity contribution is 7.47. The minimum Gasteiger partial charge on any atom is -0.457 e. The minimum atomic E-state index is -4.53. The number of carbonyl (C=O) groups excluding carboxylic acids is 1. The first-order valence-electron chi connectivity index (χ1n) is 21.6. The fraction of sp³-hybridized carbons (Fsp3) is 0.674. The Balaban J connectivity index is 4.26. The topological polar surface area (TPSA) is 132 Å². The number of unbranched alkanes of at least 4 members (excludes halogenated alkanes) is 12. The van der Waals surface area contributed by atoms with Crippen LogP contribution in [0, 0.1) is 0 Å². The number of aliphatic hydroxyl groups excluding tert-OH is 2. The molecule has 0 aromatic heterocycles. The van der Waals surface area contributed by atoms with Gasteiger partial charge in [-0.2, -0.15) is 0 Å². The zero-order valence-corrected chi connectivity index (χ0v) is 36.0. The SMILES string of the molecule is CC/C=C\C/C=C\C/C=C\C/C=C\C/C=C\C/C=C\CCCCCOCC(COP(=O)(O)OCC(O)CO)OC(=O)CCCCCCC/C=C\CCCCCC. The number of allylic oxidation sites excluding steroid dienone is 14. The Bertz CT molecular complexity index is 1140. The van der Waals surface area contributed by atoms with E-state index in [1.807, 2.05) is 0 Å². The van der Waals surface area contributed by atoms with Gasteiger partial charge < -0.3 is 24.6 Å². The Hall–Kier alpha value is -2.36. The Kier molecular flexibility index (Phi) is 40.5. The molecule has 3 atom stereocenters. The molecule has 0 amide bonds. The number of carbonyl (C=O) groups is 1. The van der Waals surface area contributed by atoms with Crippen molar-refractivity contribution in [3.63, 3.8) is 0 Å². The number of ether oxygens (including phenoxy) is 2. The molecule has 322 valence electrons. The minimum absolute atomic E-state index is 0.0181. The lowest BCUT2D eigenvalue weighted by molar-refractivity contribution is -0.154. The molecular weight excluding hydrogens is 727 g/mol. The molecule has 0 radical (unpaired) electrons. The molecule has 0 aliphatic carbocycles. The van der Waals surface area contributed by atoms with Crippen molar-refractivity contribution >= 4 is 13.8 Å². The average molecular weight is 807 g/mol. The summed E-state index contributed by atoms with van der Waals surface area (Å²) in [5, 5.41) is 18.3. The summed E-state index contributed by atoms with van der Waals surface area (Å²) in [5.41, 5.74) is 0. The van der Waals surface area contributed by atoms with Gasteiger partial charge in [0.25, 0.3) is 0 Å². The van der Waals surface area contributed by atoms with Gasteiger partial charge in [0, 0.05) is 13.0 Å². The van der Waals surface area contributed by atoms with Gasteiger partial charge >= 0.3 is 13.8 Å². The van der Waals surface area contributed by atoms with E-state index in [0.29, 0.717) is 13.0 Å². The Labute approximate surface area is 341 Å². The van der Waals surface area contributed by atoms with Crippen molar-refractivity contribution < 1.29 is 43.0 Å². The van der Waals surface area contributed by atoms with Crippen molar-refractivity contribution in [2.45, 2.75) is 167 Å². The lowest BCUT2D eigenvalue weighted by atomic mass is 10.1. The van der Waals surface area contributed by atoms with Gasteiger partial charge in [-0.05, 0) is 89.9 Å². The molecule has 0 aromatic carbocycles. The standard InChI is InChI=1S/C46H79O9P/c1-3-5-7-9-11-13-15-17-18-19-20-21-22-23-24-25-27-29-31-33-35-37-39-52-42-45(43-54-56(50,51)53-41-44(48)40-47)55-46(49)38-36-34-32-30-28-26-16-14-12-10-8-6-4-2/h5,7,11,13-14,16-18,20-21,23-24,27,29,44-45,47-48H,3-4,6,8-10,12,15,19,22,25-26,28,30-43H2,1-2H3,(H,50,51)/b7-5-,13-11-,16-14-,18-17-,21-20-,24-23-,29-27-. The maximum absolute atomic E-state index is 12.6. The van der Waals surface area contributed by atoms with E-state index in [4.69, 9.17) is 23.6 Å². The summed E-state index contributed by atoms with van der Waals surface area (Å²) in [7, 11) is -4.53. The largest absolute Gasteiger partial charge is 0.472 e. The molecule has 56 heavy (non-hydrogen) atoms. The monoisotopic (exact) mass is 807 g/mol. The van der Waals surface area contributed by atoms with Crippen LogP contribution in [-0.2, 0) is 27.9 Å². The smallest absolute Gasteiger partial charge is 0.457 e. The molecule has 0 heterocycles. The first-order chi connectivity index (χ1) is 27.3. The molecule has 3 unspecified atom stereocenters. The van der Waals surface area contributed by atoms with Crippen LogP contribution >= 0.6 is 7.82 Å². The maximum Gasteiger partial charge on any atom is 0.472 e. The number of rotatable bonds is 40. The van der Waals surface area contributed by atoms with E-state index >= 15 is 0 Å². The third-order valence-electron chi connectivity index (χ3n) is 8.56. The fourth-order valence-electron chi connectivity index (χ4n) is 5.29. The molecule has 0 aliphatic heterocycles. The lowest BCUT2D eigenvalue weighted by Gasteiger charge is -2.20. The van der Waals surface area contributed by atoms with Crippen LogP contribution in [0.1, 0.15) is 155 Å². The first kappa shape index (κ1) is 53.6. The van der Waals surface area contributed by atoms with Gasteiger partial charge in [0.2, 0.25) is 0 Å². The number of esters is 1. The van der Waals surface area contributed by atoms with Crippen molar-refractivity contribution in [1.82, 2.24) is 0 Å². The van der Waals surface area contributed by atoms with E-state index in [9.17, 15) is 19.4 Å². The quantitative estimate of drug-likeness (QED) is 0.0240. The summed E-state index contributed by atoms with van der Waals surface area (Å²) < 4.78 is 33.3. The van der Waals surface area contributed by atoms with Crippen molar-refractivity contribution in [1.29, 1.82) is 0 Å². The molecule has 9 nitrogen and oxygen atoms in total. The third-order valence-corrected chi connectivity index (χ3v) is 9.52. The number of phosphoric ester groups is 1. The van der Waals surface area contributed by atoms with E-state index in [1.54, 1.807) is 0 Å². The molecule has 0 rings (SSSR count). The number of phosphoric acid groups is 1. The highest BCUT2D eigenvalue weighted by Crippen LogP contribution is 2.43. The molecule has 0 aliphatic rings. The van der Waals surface area contributed by atoms with Crippen molar-refractivity contribution in [3.05, 3.63) is 85.1 Å². The van der Waals surface area contributed by atoms with Gasteiger partial charge in [-0.3, -0.25) is 13.8 Å². The molecule has 0 saturated carbocycles. The van der Waals surface area contributed by atoms with Gasteiger partial charge in [-0.15, -0.1) is 0 Å². The Morgan fingerprint density at radius 1 is 0.571 bits per heavy atom. The number of hydrogen-bond donors (Lipinski definition) is 3. The summed E-state index contributed by atoms with van der Waals surface area (Å²) in [6, 6.07) is 0. The van der Waals surface area contributed by atoms with Crippen molar-refractivity contribution in [2.75, 3.05) is 33.0 Å². The molecule has 3 N–H and O–H groups in total. The first-order valence-corrected chi connectivity index (χ1v) is 23.1. The van der Waals surface area contributed by atoms with Crippen molar-refractivity contribution in [2.24, 2.45) is 0 Å². The fourth-order valence-corrected chi connectivity index (χ4v) is 6.08. The van der Waals surface area contributed by atoms with Gasteiger partial charge in [0.1, 0.15) is 12.2 Å². The second kappa shape index (κ2) is 42.3. The van der Waals surface area contributed by atoms with Crippen LogP contribution in [-0.4, -0.2) is 66.3 Å².